The number of esters is 1. The first-order valence-corrected chi connectivity index (χ1v) is 12.3. The molecule has 1 saturated carbocycles. The molecule has 1 N–H and O–H groups in total. The van der Waals surface area contributed by atoms with E-state index in [0.717, 1.165) is 18.2 Å². The average molecular weight is 428 g/mol. The molecule has 1 aromatic rings. The lowest BCUT2D eigenvalue weighted by Crippen LogP contribution is -2.06. The quantitative estimate of drug-likeness (QED) is 0.132. The van der Waals surface area contributed by atoms with Crippen molar-refractivity contribution in [1.82, 2.24) is 0 Å². The molecule has 1 aromatic carbocycles. The minimum Gasteiger partial charge on any atom is -0.469 e. The van der Waals surface area contributed by atoms with Gasteiger partial charge in [-0.15, -0.1) is 0 Å². The third-order valence-corrected chi connectivity index (χ3v) is 6.18. The summed E-state index contributed by atoms with van der Waals surface area (Å²) in [6, 6.07) is 7.52. The highest BCUT2D eigenvalue weighted by Gasteiger charge is 2.11. The highest BCUT2D eigenvalue weighted by Crippen LogP contribution is 2.25. The summed E-state index contributed by atoms with van der Waals surface area (Å²) < 4.78 is 4.57. The second-order valence-electron chi connectivity index (χ2n) is 8.74. The Morgan fingerprint density at radius 1 is 0.935 bits per heavy atom. The molecule has 2 rings (SSSR count). The van der Waals surface area contributed by atoms with Crippen molar-refractivity contribution in [3.63, 3.8) is 0 Å². The SMILES string of the molecule is COC(=O)CCC(=O)c1ccc(NCCCCCCCCCC=CC2CCCC2)cc1. The largest absolute Gasteiger partial charge is 0.469 e. The predicted molar refractivity (Wildman–Crippen MR) is 129 cm³/mol. The van der Waals surface area contributed by atoms with E-state index in [2.05, 4.69) is 22.2 Å². The van der Waals surface area contributed by atoms with Gasteiger partial charge in [0.2, 0.25) is 0 Å². The molecule has 0 aliphatic heterocycles. The van der Waals surface area contributed by atoms with Crippen molar-refractivity contribution in [2.24, 2.45) is 5.92 Å². The normalized spacial score (nSPS) is 14.2. The average Bonchev–Trinajstić information content (AvgIpc) is 3.32. The van der Waals surface area contributed by atoms with Crippen LogP contribution < -0.4 is 5.32 Å². The summed E-state index contributed by atoms with van der Waals surface area (Å²) in [6.45, 7) is 0.960. The molecule has 0 unspecified atom stereocenters. The maximum atomic E-state index is 12.1. The summed E-state index contributed by atoms with van der Waals surface area (Å²) in [7, 11) is 1.34. The summed E-state index contributed by atoms with van der Waals surface area (Å²) in [4.78, 5) is 23.2. The van der Waals surface area contributed by atoms with Crippen LogP contribution in [0.15, 0.2) is 36.4 Å². The van der Waals surface area contributed by atoms with Gasteiger partial charge in [-0.3, -0.25) is 9.59 Å². The van der Waals surface area contributed by atoms with Crippen molar-refractivity contribution >= 4 is 17.4 Å². The van der Waals surface area contributed by atoms with Crippen LogP contribution in [0, 0.1) is 5.92 Å². The number of unbranched alkanes of at least 4 members (excludes halogenated alkanes) is 7. The molecule has 1 aliphatic rings. The fourth-order valence-electron chi connectivity index (χ4n) is 4.18. The van der Waals surface area contributed by atoms with Gasteiger partial charge in [0.1, 0.15) is 0 Å². The molecule has 0 atom stereocenters. The van der Waals surface area contributed by atoms with E-state index in [1.165, 1.54) is 84.2 Å². The molecule has 172 valence electrons. The van der Waals surface area contributed by atoms with Gasteiger partial charge in [-0.25, -0.2) is 0 Å². The Morgan fingerprint density at radius 2 is 1.58 bits per heavy atom. The summed E-state index contributed by atoms with van der Waals surface area (Å²) >= 11 is 0. The first-order valence-electron chi connectivity index (χ1n) is 12.3. The number of benzene rings is 1. The van der Waals surface area contributed by atoms with Gasteiger partial charge in [-0.2, -0.15) is 0 Å². The molecule has 4 nitrogen and oxygen atoms in total. The number of anilines is 1. The van der Waals surface area contributed by atoms with Crippen molar-refractivity contribution in [3.8, 4) is 0 Å². The van der Waals surface area contributed by atoms with Crippen molar-refractivity contribution in [3.05, 3.63) is 42.0 Å². The zero-order valence-corrected chi connectivity index (χ0v) is 19.4. The number of hydrogen-bond donors (Lipinski definition) is 1. The van der Waals surface area contributed by atoms with Crippen molar-refractivity contribution < 1.29 is 14.3 Å². The highest BCUT2D eigenvalue weighted by atomic mass is 16.5. The van der Waals surface area contributed by atoms with Gasteiger partial charge >= 0.3 is 5.97 Å². The van der Waals surface area contributed by atoms with Crippen LogP contribution in [-0.4, -0.2) is 25.4 Å². The molecule has 31 heavy (non-hydrogen) atoms. The maximum absolute atomic E-state index is 12.1. The van der Waals surface area contributed by atoms with Crippen LogP contribution in [0.2, 0.25) is 0 Å². The first kappa shape index (κ1) is 25.2. The Labute approximate surface area is 188 Å². The van der Waals surface area contributed by atoms with E-state index in [1.807, 2.05) is 24.3 Å². The lowest BCUT2D eigenvalue weighted by molar-refractivity contribution is -0.140. The van der Waals surface area contributed by atoms with E-state index >= 15 is 0 Å². The second kappa shape index (κ2) is 15.7. The number of hydrogen-bond acceptors (Lipinski definition) is 4. The molecule has 0 spiro atoms. The van der Waals surface area contributed by atoms with Gasteiger partial charge in [0.15, 0.2) is 5.78 Å². The summed E-state index contributed by atoms with van der Waals surface area (Å²) in [5, 5.41) is 3.43. The van der Waals surface area contributed by atoms with Crippen molar-refractivity contribution in [1.29, 1.82) is 0 Å². The first-order chi connectivity index (χ1) is 15.2. The molecule has 0 aromatic heterocycles. The summed E-state index contributed by atoms with van der Waals surface area (Å²) in [5.74, 6) is 0.507. The van der Waals surface area contributed by atoms with E-state index in [9.17, 15) is 9.59 Å². The number of ether oxygens (including phenoxy) is 1. The third-order valence-electron chi connectivity index (χ3n) is 6.18. The number of nitrogens with one attached hydrogen (secondary N) is 1. The van der Waals surface area contributed by atoms with Crippen molar-refractivity contribution in [2.75, 3.05) is 19.0 Å². The van der Waals surface area contributed by atoms with Gasteiger partial charge in [0, 0.05) is 24.2 Å². The van der Waals surface area contributed by atoms with Crippen molar-refractivity contribution in [2.45, 2.75) is 89.9 Å². The monoisotopic (exact) mass is 427 g/mol. The minimum atomic E-state index is -0.349. The predicted octanol–water partition coefficient (Wildman–Crippen LogP) is 7.10. The standard InChI is InChI=1S/C27H41NO3/c1-31-27(30)21-20-26(29)24-16-18-25(19-17-24)28-22-12-8-6-4-2-3-5-7-9-13-23-14-10-11-15-23/h9,13,16-19,23,28H,2-8,10-12,14-15,20-22H2,1H3. The number of carbonyl (C=O) groups excluding carboxylic acids is 2. The maximum Gasteiger partial charge on any atom is 0.305 e. The Bertz CT molecular complexity index is 660. The zero-order chi connectivity index (χ0) is 22.2. The number of Topliss-reactive ketones (excluding diaryl/α,β-unsaturated/α-hetero) is 1. The molecule has 0 bridgehead atoms. The number of carbonyl (C=O) groups is 2. The number of allylic oxidation sites excluding steroid dienone is 2. The number of ketones is 1. The molecule has 0 saturated heterocycles. The van der Waals surface area contributed by atoms with Crippen LogP contribution in [0.25, 0.3) is 0 Å². The molecule has 0 heterocycles. The summed E-state index contributed by atoms with van der Waals surface area (Å²) in [6.07, 6.45) is 21.3. The van der Waals surface area contributed by atoms with E-state index in [-0.39, 0.29) is 24.6 Å². The third kappa shape index (κ3) is 11.2. The molecule has 0 radical (unpaired) electrons. The number of methoxy groups -OCH3 is 1. The molecule has 1 aliphatic carbocycles. The highest BCUT2D eigenvalue weighted by molar-refractivity contribution is 5.97. The van der Waals surface area contributed by atoms with Crippen LogP contribution in [0.5, 0.6) is 0 Å². The summed E-state index contributed by atoms with van der Waals surface area (Å²) in [5.41, 5.74) is 1.68. The van der Waals surface area contributed by atoms with Crippen LogP contribution in [-0.2, 0) is 9.53 Å². The van der Waals surface area contributed by atoms with Crippen LogP contribution in [0.4, 0.5) is 5.69 Å². The van der Waals surface area contributed by atoms with Gasteiger partial charge in [-0.05, 0) is 62.3 Å². The van der Waals surface area contributed by atoms with E-state index in [4.69, 9.17) is 0 Å². The van der Waals surface area contributed by atoms with E-state index < -0.39 is 0 Å². The van der Waals surface area contributed by atoms with Crippen LogP contribution in [0.1, 0.15) is 100 Å². The second-order valence-corrected chi connectivity index (χ2v) is 8.74. The minimum absolute atomic E-state index is 0.0261. The molecule has 0 amide bonds. The lowest BCUT2D eigenvalue weighted by atomic mass is 10.1. The topological polar surface area (TPSA) is 55.4 Å². The Hall–Kier alpha value is -2.10. The van der Waals surface area contributed by atoms with E-state index in [1.54, 1.807) is 0 Å². The Balaban J connectivity index is 1.43. The fourth-order valence-corrected chi connectivity index (χ4v) is 4.18. The Kier molecular flexibility index (Phi) is 12.7. The molecular formula is C27H41NO3. The smallest absolute Gasteiger partial charge is 0.305 e. The Morgan fingerprint density at radius 3 is 2.26 bits per heavy atom. The fraction of sp³-hybridized carbons (Fsp3) is 0.630. The van der Waals surface area contributed by atoms with Gasteiger partial charge in [0.05, 0.1) is 13.5 Å². The van der Waals surface area contributed by atoms with Crippen LogP contribution in [0.3, 0.4) is 0 Å². The van der Waals surface area contributed by atoms with Gasteiger partial charge < -0.3 is 10.1 Å². The molecular weight excluding hydrogens is 386 g/mol. The lowest BCUT2D eigenvalue weighted by Gasteiger charge is -2.07. The molecule has 1 fully saturated rings. The number of rotatable bonds is 16. The molecule has 4 heteroatoms. The van der Waals surface area contributed by atoms with Gasteiger partial charge in [-0.1, -0.05) is 57.1 Å². The van der Waals surface area contributed by atoms with Gasteiger partial charge in [0.25, 0.3) is 0 Å². The zero-order valence-electron chi connectivity index (χ0n) is 19.4. The van der Waals surface area contributed by atoms with Crippen LogP contribution >= 0.6 is 0 Å². The van der Waals surface area contributed by atoms with E-state index in [0.29, 0.717) is 5.56 Å².